The Balaban J connectivity index is 3.49. The molecule has 18 heavy (non-hydrogen) atoms. The van der Waals surface area contributed by atoms with Gasteiger partial charge >= 0.3 is 0 Å². The zero-order valence-corrected chi connectivity index (χ0v) is 12.8. The zero-order valence-electron chi connectivity index (χ0n) is 11.2. The van der Waals surface area contributed by atoms with E-state index in [1.807, 2.05) is 20.8 Å². The Kier molecular flexibility index (Phi) is 3.86. The highest BCUT2D eigenvalue weighted by molar-refractivity contribution is 7.92. The van der Waals surface area contributed by atoms with Crippen LogP contribution in [0.4, 0.5) is 4.39 Å². The average molecular weight is 293 g/mol. The Bertz CT molecular complexity index is 557. The maximum atomic E-state index is 13.8. The van der Waals surface area contributed by atoms with Crippen LogP contribution < -0.4 is 0 Å². The normalized spacial score (nSPS) is 13.7. The maximum Gasteiger partial charge on any atom is 0.186 e. The average Bonchev–Trinajstić information content (AvgIpc) is 2.14. The van der Waals surface area contributed by atoms with Crippen molar-refractivity contribution in [3.05, 3.63) is 29.0 Å². The zero-order chi connectivity index (χ0) is 14.4. The first-order chi connectivity index (χ1) is 7.91. The second-order valence-electron chi connectivity index (χ2n) is 5.84. The van der Waals surface area contributed by atoms with Crippen LogP contribution >= 0.6 is 11.6 Å². The Morgan fingerprint density at radius 3 is 2.00 bits per heavy atom. The third-order valence-electron chi connectivity index (χ3n) is 3.66. The van der Waals surface area contributed by atoms with Gasteiger partial charge in [-0.05, 0) is 37.5 Å². The number of benzene rings is 1. The van der Waals surface area contributed by atoms with Gasteiger partial charge in [0.15, 0.2) is 9.84 Å². The SMILES string of the molecule is CC(C)(C)C(C)(C)S(=O)(=O)c1ccc(Cl)cc1F. The minimum atomic E-state index is -3.78. The molecule has 0 bridgehead atoms. The van der Waals surface area contributed by atoms with Crippen LogP contribution in [0.3, 0.4) is 0 Å². The van der Waals surface area contributed by atoms with Crippen LogP contribution in [0.5, 0.6) is 0 Å². The van der Waals surface area contributed by atoms with Crippen molar-refractivity contribution in [2.24, 2.45) is 5.41 Å². The first-order valence-electron chi connectivity index (χ1n) is 5.61. The van der Waals surface area contributed by atoms with E-state index in [0.717, 1.165) is 6.07 Å². The van der Waals surface area contributed by atoms with E-state index in [4.69, 9.17) is 11.6 Å². The molecule has 0 radical (unpaired) electrons. The maximum absolute atomic E-state index is 13.8. The fourth-order valence-corrected chi connectivity index (χ4v) is 3.45. The third-order valence-corrected chi connectivity index (χ3v) is 6.76. The number of halogens is 2. The minimum absolute atomic E-state index is 0.181. The van der Waals surface area contributed by atoms with Crippen LogP contribution in [0.25, 0.3) is 0 Å². The number of hydrogen-bond acceptors (Lipinski definition) is 2. The molecule has 0 unspecified atom stereocenters. The highest BCUT2D eigenvalue weighted by Gasteiger charge is 2.46. The molecule has 0 fully saturated rings. The second kappa shape index (κ2) is 4.49. The van der Waals surface area contributed by atoms with Gasteiger partial charge in [0.05, 0.1) is 4.75 Å². The smallest absolute Gasteiger partial charge is 0.186 e. The Morgan fingerprint density at radius 2 is 1.61 bits per heavy atom. The van der Waals surface area contributed by atoms with Crippen LogP contribution in [0.1, 0.15) is 34.6 Å². The lowest BCUT2D eigenvalue weighted by atomic mass is 9.83. The van der Waals surface area contributed by atoms with Gasteiger partial charge in [0.2, 0.25) is 0 Å². The van der Waals surface area contributed by atoms with E-state index in [2.05, 4.69) is 0 Å². The topological polar surface area (TPSA) is 34.1 Å². The summed E-state index contributed by atoms with van der Waals surface area (Å²) in [4.78, 5) is -0.299. The highest BCUT2D eigenvalue weighted by atomic mass is 35.5. The van der Waals surface area contributed by atoms with Gasteiger partial charge in [0, 0.05) is 5.02 Å². The summed E-state index contributed by atoms with van der Waals surface area (Å²) in [6.07, 6.45) is 0. The van der Waals surface area contributed by atoms with Crippen molar-refractivity contribution in [1.82, 2.24) is 0 Å². The molecule has 0 atom stereocenters. The molecule has 2 nitrogen and oxygen atoms in total. The quantitative estimate of drug-likeness (QED) is 0.823. The molecule has 1 aromatic carbocycles. The molecule has 1 aromatic rings. The summed E-state index contributed by atoms with van der Waals surface area (Å²) in [7, 11) is -3.78. The van der Waals surface area contributed by atoms with E-state index in [0.29, 0.717) is 0 Å². The van der Waals surface area contributed by atoms with Crippen LogP contribution in [0, 0.1) is 11.2 Å². The van der Waals surface area contributed by atoms with Crippen molar-refractivity contribution in [1.29, 1.82) is 0 Å². The van der Waals surface area contributed by atoms with Gasteiger partial charge in [-0.25, -0.2) is 12.8 Å². The molecule has 102 valence electrons. The predicted octanol–water partition coefficient (Wildman–Crippen LogP) is 4.08. The van der Waals surface area contributed by atoms with E-state index in [9.17, 15) is 12.8 Å². The molecule has 0 aromatic heterocycles. The third kappa shape index (κ3) is 2.41. The molecule has 5 heteroatoms. The Labute approximate surface area is 113 Å². The van der Waals surface area contributed by atoms with E-state index in [1.165, 1.54) is 12.1 Å². The summed E-state index contributed by atoms with van der Waals surface area (Å²) in [6.45, 7) is 8.67. The molecule has 0 saturated carbocycles. The van der Waals surface area contributed by atoms with Crippen molar-refractivity contribution < 1.29 is 12.8 Å². The van der Waals surface area contributed by atoms with E-state index in [1.54, 1.807) is 13.8 Å². The van der Waals surface area contributed by atoms with Crippen molar-refractivity contribution in [2.45, 2.75) is 44.3 Å². The summed E-state index contributed by atoms with van der Waals surface area (Å²) < 4.78 is 37.8. The summed E-state index contributed by atoms with van der Waals surface area (Å²) in [5.74, 6) is -0.806. The van der Waals surface area contributed by atoms with Gasteiger partial charge in [-0.2, -0.15) is 0 Å². The van der Waals surface area contributed by atoms with Crippen molar-refractivity contribution in [2.75, 3.05) is 0 Å². The molecule has 0 spiro atoms. The van der Waals surface area contributed by atoms with Gasteiger partial charge in [0.25, 0.3) is 0 Å². The van der Waals surface area contributed by atoms with Crippen LogP contribution in [0.15, 0.2) is 23.1 Å². The lowest BCUT2D eigenvalue weighted by molar-refractivity contribution is 0.301. The molecular formula is C13H18ClFO2S. The van der Waals surface area contributed by atoms with Gasteiger partial charge in [0.1, 0.15) is 10.7 Å². The van der Waals surface area contributed by atoms with Crippen LogP contribution in [-0.4, -0.2) is 13.2 Å². The summed E-state index contributed by atoms with van der Waals surface area (Å²) in [6, 6.07) is 3.63. The monoisotopic (exact) mass is 292 g/mol. The summed E-state index contributed by atoms with van der Waals surface area (Å²) in [5.41, 5.74) is -0.516. The van der Waals surface area contributed by atoms with E-state index in [-0.39, 0.29) is 9.92 Å². The van der Waals surface area contributed by atoms with Gasteiger partial charge < -0.3 is 0 Å². The number of hydrogen-bond donors (Lipinski definition) is 0. The first kappa shape index (κ1) is 15.4. The molecule has 0 aliphatic carbocycles. The Morgan fingerprint density at radius 1 is 1.11 bits per heavy atom. The lowest BCUT2D eigenvalue weighted by Gasteiger charge is -2.38. The van der Waals surface area contributed by atoms with Gasteiger partial charge in [-0.3, -0.25) is 0 Å². The molecular weight excluding hydrogens is 275 g/mol. The molecule has 0 N–H and O–H groups in total. The first-order valence-corrected chi connectivity index (χ1v) is 7.47. The fourth-order valence-electron chi connectivity index (χ4n) is 1.37. The molecule has 0 amide bonds. The minimum Gasteiger partial charge on any atom is -0.223 e. The number of sulfone groups is 1. The Hall–Kier alpha value is -0.610. The van der Waals surface area contributed by atoms with Crippen LogP contribution in [-0.2, 0) is 9.84 Å². The molecule has 1 rings (SSSR count). The molecule has 0 heterocycles. The molecule has 0 aliphatic rings. The van der Waals surface area contributed by atoms with E-state index >= 15 is 0 Å². The standard InChI is InChI=1S/C13H18ClFO2S/c1-12(2,3)13(4,5)18(16,17)11-7-6-9(14)8-10(11)15/h6-8H,1-5H3. The van der Waals surface area contributed by atoms with E-state index < -0.39 is 25.8 Å². The largest absolute Gasteiger partial charge is 0.223 e. The second-order valence-corrected chi connectivity index (χ2v) is 8.74. The number of rotatable bonds is 2. The predicted molar refractivity (Wildman–Crippen MR) is 72.1 cm³/mol. The van der Waals surface area contributed by atoms with Gasteiger partial charge in [-0.15, -0.1) is 0 Å². The molecule has 0 aliphatic heterocycles. The fraction of sp³-hybridized carbons (Fsp3) is 0.538. The summed E-state index contributed by atoms with van der Waals surface area (Å²) >= 11 is 5.64. The van der Waals surface area contributed by atoms with Crippen molar-refractivity contribution in [3.8, 4) is 0 Å². The molecule has 0 saturated heterocycles. The summed E-state index contributed by atoms with van der Waals surface area (Å²) in [5, 5.41) is 0.181. The lowest BCUT2D eigenvalue weighted by Crippen LogP contribution is -2.44. The van der Waals surface area contributed by atoms with Crippen molar-refractivity contribution in [3.63, 3.8) is 0 Å². The van der Waals surface area contributed by atoms with Crippen LogP contribution in [0.2, 0.25) is 5.02 Å². The van der Waals surface area contributed by atoms with Crippen molar-refractivity contribution >= 4 is 21.4 Å². The highest BCUT2D eigenvalue weighted by Crippen LogP contribution is 2.41. The van der Waals surface area contributed by atoms with Gasteiger partial charge in [-0.1, -0.05) is 32.4 Å².